The third-order valence-electron chi connectivity index (χ3n) is 4.70. The Morgan fingerprint density at radius 2 is 1.96 bits per heavy atom. The summed E-state index contributed by atoms with van der Waals surface area (Å²) in [6, 6.07) is 1.76. The number of alkyl halides is 3. The summed E-state index contributed by atoms with van der Waals surface area (Å²) >= 11 is 0. The Bertz CT molecular complexity index is 653. The van der Waals surface area contributed by atoms with E-state index in [-0.39, 0.29) is 29.6 Å². The van der Waals surface area contributed by atoms with E-state index in [2.05, 4.69) is 4.98 Å². The van der Waals surface area contributed by atoms with Crippen LogP contribution in [0.15, 0.2) is 18.3 Å². The maximum atomic E-state index is 12.7. The number of nitrogens with zero attached hydrogens (tertiary/aromatic N) is 2. The van der Waals surface area contributed by atoms with Gasteiger partial charge in [0.1, 0.15) is 11.9 Å². The number of rotatable bonds is 3. The Hall–Kier alpha value is -2.12. The van der Waals surface area contributed by atoms with E-state index in [4.69, 9.17) is 4.74 Å². The van der Waals surface area contributed by atoms with Gasteiger partial charge < -0.3 is 9.64 Å². The number of amides is 1. The standard InChI is InChI=1S/C17H19F3N2O3/c18-17(19,20)12-5-7-21-15(9-12)25-14-6-8-22(10-14)16(24)11-1-3-13(23)4-2-11/h5,7,9,11,14H,1-4,6,8,10H2. The summed E-state index contributed by atoms with van der Waals surface area (Å²) in [5.74, 6) is -0.0153. The molecule has 0 aromatic carbocycles. The van der Waals surface area contributed by atoms with E-state index in [9.17, 15) is 22.8 Å². The van der Waals surface area contributed by atoms with Gasteiger partial charge in [0, 0.05) is 44.0 Å². The Balaban J connectivity index is 1.56. The second-order valence-electron chi connectivity index (χ2n) is 6.51. The molecule has 1 aromatic rings. The minimum absolute atomic E-state index is 0.00982. The molecule has 1 unspecified atom stereocenters. The van der Waals surface area contributed by atoms with Crippen molar-refractivity contribution >= 4 is 11.7 Å². The number of pyridine rings is 1. The number of halogens is 3. The molecule has 1 aliphatic heterocycles. The number of hydrogen-bond donors (Lipinski definition) is 0. The lowest BCUT2D eigenvalue weighted by atomic mass is 9.87. The first-order valence-corrected chi connectivity index (χ1v) is 8.33. The molecule has 136 valence electrons. The molecule has 2 aliphatic rings. The minimum Gasteiger partial charge on any atom is -0.472 e. The van der Waals surface area contributed by atoms with Crippen molar-refractivity contribution in [2.75, 3.05) is 13.1 Å². The topological polar surface area (TPSA) is 59.5 Å². The summed E-state index contributed by atoms with van der Waals surface area (Å²) < 4.78 is 43.7. The molecule has 0 radical (unpaired) electrons. The number of Topliss-reactive ketones (excluding diaryl/α,β-unsaturated/α-hetero) is 1. The zero-order valence-corrected chi connectivity index (χ0v) is 13.6. The monoisotopic (exact) mass is 356 g/mol. The van der Waals surface area contributed by atoms with Crippen LogP contribution in [-0.4, -0.2) is 40.8 Å². The number of carbonyl (C=O) groups is 2. The zero-order valence-electron chi connectivity index (χ0n) is 13.6. The van der Waals surface area contributed by atoms with Gasteiger partial charge in [-0.2, -0.15) is 13.2 Å². The molecule has 2 fully saturated rings. The van der Waals surface area contributed by atoms with Crippen LogP contribution < -0.4 is 4.74 Å². The van der Waals surface area contributed by atoms with Crippen molar-refractivity contribution in [2.24, 2.45) is 5.92 Å². The van der Waals surface area contributed by atoms with Gasteiger partial charge in [0.05, 0.1) is 12.1 Å². The second kappa shape index (κ2) is 7.01. The lowest BCUT2D eigenvalue weighted by Crippen LogP contribution is -2.37. The molecule has 1 saturated carbocycles. The van der Waals surface area contributed by atoms with Gasteiger partial charge in [-0.25, -0.2) is 4.98 Å². The van der Waals surface area contributed by atoms with Crippen LogP contribution in [0.5, 0.6) is 5.88 Å². The van der Waals surface area contributed by atoms with Gasteiger partial charge >= 0.3 is 6.18 Å². The van der Waals surface area contributed by atoms with Crippen molar-refractivity contribution in [1.82, 2.24) is 9.88 Å². The van der Waals surface area contributed by atoms with Crippen molar-refractivity contribution in [1.29, 1.82) is 0 Å². The van der Waals surface area contributed by atoms with Gasteiger partial charge in [0.25, 0.3) is 0 Å². The number of hydrogen-bond acceptors (Lipinski definition) is 4. The Morgan fingerprint density at radius 3 is 2.64 bits per heavy atom. The van der Waals surface area contributed by atoms with Crippen LogP contribution in [0.4, 0.5) is 13.2 Å². The van der Waals surface area contributed by atoms with Crippen LogP contribution in [0.1, 0.15) is 37.7 Å². The van der Waals surface area contributed by atoms with E-state index in [1.165, 1.54) is 0 Å². The van der Waals surface area contributed by atoms with E-state index in [1.807, 2.05) is 0 Å². The Kier molecular flexibility index (Phi) is 4.96. The van der Waals surface area contributed by atoms with Crippen LogP contribution in [0.2, 0.25) is 0 Å². The molecule has 3 rings (SSSR count). The number of ketones is 1. The highest BCUT2D eigenvalue weighted by Gasteiger charge is 2.34. The molecule has 1 atom stereocenters. The van der Waals surface area contributed by atoms with Crippen molar-refractivity contribution in [3.8, 4) is 5.88 Å². The van der Waals surface area contributed by atoms with E-state index in [0.717, 1.165) is 18.3 Å². The van der Waals surface area contributed by atoms with Crippen LogP contribution in [-0.2, 0) is 15.8 Å². The minimum atomic E-state index is -4.45. The summed E-state index contributed by atoms with van der Waals surface area (Å²) in [5.41, 5.74) is -0.810. The van der Waals surface area contributed by atoms with Crippen LogP contribution in [0.25, 0.3) is 0 Å². The molecule has 2 heterocycles. The summed E-state index contributed by atoms with van der Waals surface area (Å²) in [5, 5.41) is 0. The van der Waals surface area contributed by atoms with Crippen molar-refractivity contribution < 1.29 is 27.5 Å². The van der Waals surface area contributed by atoms with Gasteiger partial charge in [-0.05, 0) is 18.9 Å². The van der Waals surface area contributed by atoms with E-state index >= 15 is 0 Å². The molecule has 1 saturated heterocycles. The lowest BCUT2D eigenvalue weighted by molar-refractivity contribution is -0.138. The zero-order chi connectivity index (χ0) is 18.0. The molecule has 0 spiro atoms. The second-order valence-corrected chi connectivity index (χ2v) is 6.51. The average Bonchev–Trinajstić information content (AvgIpc) is 3.03. The SMILES string of the molecule is O=C1CCC(C(=O)N2CCC(Oc3cc(C(F)(F)F)ccn3)C2)CC1. The van der Waals surface area contributed by atoms with Gasteiger partial charge in [0.15, 0.2) is 0 Å². The predicted octanol–water partition coefficient (Wildman–Crippen LogP) is 2.84. The molecular formula is C17H19F3N2O3. The fourth-order valence-electron chi connectivity index (χ4n) is 3.29. The number of carbonyl (C=O) groups excluding carboxylic acids is 2. The number of aromatic nitrogens is 1. The van der Waals surface area contributed by atoms with Crippen molar-refractivity contribution in [3.05, 3.63) is 23.9 Å². The first kappa shape index (κ1) is 17.7. The van der Waals surface area contributed by atoms with Gasteiger partial charge in [-0.15, -0.1) is 0 Å². The molecular weight excluding hydrogens is 337 g/mol. The first-order valence-electron chi connectivity index (χ1n) is 8.33. The van der Waals surface area contributed by atoms with Crippen molar-refractivity contribution in [2.45, 2.75) is 44.4 Å². The predicted molar refractivity (Wildman–Crippen MR) is 81.8 cm³/mol. The van der Waals surface area contributed by atoms with Crippen molar-refractivity contribution in [3.63, 3.8) is 0 Å². The Labute approximate surface area is 143 Å². The van der Waals surface area contributed by atoms with Crippen LogP contribution in [0.3, 0.4) is 0 Å². The summed E-state index contributed by atoms with van der Waals surface area (Å²) in [6.45, 7) is 0.841. The summed E-state index contributed by atoms with van der Waals surface area (Å²) in [4.78, 5) is 29.3. The Morgan fingerprint density at radius 1 is 1.24 bits per heavy atom. The molecule has 1 aromatic heterocycles. The molecule has 0 N–H and O–H groups in total. The number of ether oxygens (including phenoxy) is 1. The van der Waals surface area contributed by atoms with Crippen LogP contribution >= 0.6 is 0 Å². The highest BCUT2D eigenvalue weighted by atomic mass is 19.4. The largest absolute Gasteiger partial charge is 0.472 e. The fourth-order valence-corrected chi connectivity index (χ4v) is 3.29. The highest BCUT2D eigenvalue weighted by molar-refractivity contribution is 5.84. The molecule has 5 nitrogen and oxygen atoms in total. The summed E-state index contributed by atoms with van der Waals surface area (Å²) in [6.07, 6.45) is -1.16. The summed E-state index contributed by atoms with van der Waals surface area (Å²) in [7, 11) is 0. The third kappa shape index (κ3) is 4.29. The quantitative estimate of drug-likeness (QED) is 0.836. The highest BCUT2D eigenvalue weighted by Crippen LogP contribution is 2.31. The van der Waals surface area contributed by atoms with Gasteiger partial charge in [0.2, 0.25) is 11.8 Å². The normalized spacial score (nSPS) is 22.3. The lowest BCUT2D eigenvalue weighted by Gasteiger charge is -2.25. The van der Waals surface area contributed by atoms with E-state index < -0.39 is 11.7 Å². The van der Waals surface area contributed by atoms with E-state index in [0.29, 0.717) is 45.2 Å². The third-order valence-corrected chi connectivity index (χ3v) is 4.70. The van der Waals surface area contributed by atoms with Crippen LogP contribution in [0, 0.1) is 5.92 Å². The molecule has 1 amide bonds. The molecule has 8 heteroatoms. The molecule has 1 aliphatic carbocycles. The molecule has 0 bridgehead atoms. The fraction of sp³-hybridized carbons (Fsp3) is 0.588. The maximum Gasteiger partial charge on any atom is 0.416 e. The van der Waals surface area contributed by atoms with Gasteiger partial charge in [-0.1, -0.05) is 0 Å². The van der Waals surface area contributed by atoms with E-state index in [1.54, 1.807) is 4.90 Å². The average molecular weight is 356 g/mol. The maximum absolute atomic E-state index is 12.7. The number of likely N-dealkylation sites (tertiary alicyclic amines) is 1. The van der Waals surface area contributed by atoms with Gasteiger partial charge in [-0.3, -0.25) is 9.59 Å². The smallest absolute Gasteiger partial charge is 0.416 e. The molecule has 25 heavy (non-hydrogen) atoms. The first-order chi connectivity index (χ1) is 11.8.